The number of ether oxygens (including phenoxy) is 3. The van der Waals surface area contributed by atoms with Crippen LogP contribution < -0.4 is 0 Å². The Morgan fingerprint density at radius 1 is 1.36 bits per heavy atom. The summed E-state index contributed by atoms with van der Waals surface area (Å²) in [6.07, 6.45) is 4.00. The first-order valence-corrected chi connectivity index (χ1v) is 4.65. The molecule has 78 valence electrons. The molecule has 2 heterocycles. The first-order valence-electron chi connectivity index (χ1n) is 4.65. The topological polar surface area (TPSA) is 47.9 Å². The van der Waals surface area contributed by atoms with Gasteiger partial charge in [-0.15, -0.1) is 6.42 Å². The van der Waals surface area contributed by atoms with Crippen molar-refractivity contribution in [1.29, 1.82) is 0 Å². The molecule has 0 spiro atoms. The molecule has 0 amide bonds. The Labute approximate surface area is 83.1 Å². The lowest BCUT2D eigenvalue weighted by Crippen LogP contribution is -2.31. The molecule has 0 saturated carbocycles. The predicted molar refractivity (Wildman–Crippen MR) is 48.4 cm³/mol. The zero-order valence-electron chi connectivity index (χ0n) is 8.27. The maximum atomic E-state index is 9.07. The second kappa shape index (κ2) is 3.21. The minimum atomic E-state index is -0.637. The molecule has 4 nitrogen and oxygen atoms in total. The van der Waals surface area contributed by atoms with E-state index in [1.54, 1.807) is 0 Å². The van der Waals surface area contributed by atoms with Gasteiger partial charge in [0.15, 0.2) is 5.79 Å². The normalized spacial score (nSPS) is 44.7. The number of fused-ring (bicyclic) bond motifs is 1. The molecule has 0 aliphatic carbocycles. The fourth-order valence-corrected chi connectivity index (χ4v) is 1.96. The van der Waals surface area contributed by atoms with E-state index in [1.807, 2.05) is 13.8 Å². The number of terminal acetylenes is 1. The minimum Gasteiger partial charge on any atom is -0.394 e. The number of hydrogen-bond donors (Lipinski definition) is 1. The van der Waals surface area contributed by atoms with Crippen LogP contribution in [0.15, 0.2) is 0 Å². The van der Waals surface area contributed by atoms with E-state index in [2.05, 4.69) is 5.92 Å². The van der Waals surface area contributed by atoms with Crippen LogP contribution in [0.5, 0.6) is 0 Å². The van der Waals surface area contributed by atoms with Gasteiger partial charge in [0.2, 0.25) is 0 Å². The molecule has 3 unspecified atom stereocenters. The summed E-state index contributed by atoms with van der Waals surface area (Å²) in [6, 6.07) is 0. The van der Waals surface area contributed by atoms with Crippen LogP contribution in [0.1, 0.15) is 13.8 Å². The van der Waals surface area contributed by atoms with Crippen molar-refractivity contribution in [2.75, 3.05) is 6.61 Å². The maximum Gasteiger partial charge on any atom is 0.164 e. The zero-order valence-corrected chi connectivity index (χ0v) is 8.27. The highest BCUT2D eigenvalue weighted by atomic mass is 16.8. The molecule has 14 heavy (non-hydrogen) atoms. The lowest BCUT2D eigenvalue weighted by Gasteiger charge is -2.21. The Morgan fingerprint density at radius 2 is 2.00 bits per heavy atom. The molecular formula is C10H14O4. The summed E-state index contributed by atoms with van der Waals surface area (Å²) in [4.78, 5) is 0. The van der Waals surface area contributed by atoms with Gasteiger partial charge in [-0.05, 0) is 13.8 Å². The van der Waals surface area contributed by atoms with Gasteiger partial charge in [0.25, 0.3) is 0 Å². The smallest absolute Gasteiger partial charge is 0.164 e. The molecule has 1 N–H and O–H groups in total. The third kappa shape index (κ3) is 1.43. The number of aliphatic hydroxyl groups excluding tert-OH is 1. The summed E-state index contributed by atoms with van der Waals surface area (Å²) in [6.45, 7) is 3.56. The second-order valence-corrected chi connectivity index (χ2v) is 4.01. The van der Waals surface area contributed by atoms with Gasteiger partial charge in [-0.2, -0.15) is 0 Å². The Hall–Kier alpha value is -0.600. The summed E-state index contributed by atoms with van der Waals surface area (Å²) < 4.78 is 16.6. The van der Waals surface area contributed by atoms with Crippen LogP contribution in [-0.4, -0.2) is 41.9 Å². The molecule has 0 aromatic heterocycles. The average Bonchev–Trinajstić information content (AvgIpc) is 2.57. The Kier molecular flexibility index (Phi) is 2.28. The molecule has 2 rings (SSSR count). The van der Waals surface area contributed by atoms with Crippen LogP contribution in [0, 0.1) is 12.3 Å². The second-order valence-electron chi connectivity index (χ2n) is 4.01. The summed E-state index contributed by atoms with van der Waals surface area (Å²) in [5.41, 5.74) is 0. The Morgan fingerprint density at radius 3 is 2.57 bits per heavy atom. The number of rotatable bonds is 1. The van der Waals surface area contributed by atoms with E-state index in [1.165, 1.54) is 0 Å². The van der Waals surface area contributed by atoms with Gasteiger partial charge < -0.3 is 19.3 Å². The summed E-state index contributed by atoms with van der Waals surface area (Å²) in [7, 11) is 0. The van der Waals surface area contributed by atoms with E-state index >= 15 is 0 Å². The van der Waals surface area contributed by atoms with E-state index in [0.29, 0.717) is 0 Å². The molecule has 4 heteroatoms. The van der Waals surface area contributed by atoms with Crippen LogP contribution in [0.25, 0.3) is 0 Å². The Balaban J connectivity index is 2.17. The van der Waals surface area contributed by atoms with Crippen molar-refractivity contribution < 1.29 is 19.3 Å². The van der Waals surface area contributed by atoms with Crippen molar-refractivity contribution in [3.8, 4) is 12.3 Å². The third-order valence-corrected chi connectivity index (χ3v) is 2.49. The quantitative estimate of drug-likeness (QED) is 0.598. The highest BCUT2D eigenvalue weighted by Crippen LogP contribution is 2.38. The van der Waals surface area contributed by atoms with Crippen LogP contribution in [0.2, 0.25) is 0 Å². The largest absolute Gasteiger partial charge is 0.394 e. The van der Waals surface area contributed by atoms with Gasteiger partial charge in [0.05, 0.1) is 6.61 Å². The lowest BCUT2D eigenvalue weighted by atomic mass is 10.1. The monoisotopic (exact) mass is 198 g/mol. The molecular weight excluding hydrogens is 184 g/mol. The molecule has 0 aromatic carbocycles. The van der Waals surface area contributed by atoms with E-state index in [4.69, 9.17) is 25.7 Å². The summed E-state index contributed by atoms with van der Waals surface area (Å²) >= 11 is 0. The lowest BCUT2D eigenvalue weighted by molar-refractivity contribution is -0.184. The van der Waals surface area contributed by atoms with E-state index in [-0.39, 0.29) is 24.9 Å². The molecule has 2 aliphatic heterocycles. The van der Waals surface area contributed by atoms with Gasteiger partial charge in [-0.25, -0.2) is 0 Å². The van der Waals surface area contributed by atoms with Crippen LogP contribution in [0.4, 0.5) is 0 Å². The van der Waals surface area contributed by atoms with Crippen LogP contribution in [-0.2, 0) is 14.2 Å². The SMILES string of the molecule is C#CC1O[C@H](CO)C2OC(C)(C)OC12. The van der Waals surface area contributed by atoms with Crippen LogP contribution in [0.3, 0.4) is 0 Å². The number of hydrogen-bond acceptors (Lipinski definition) is 4. The predicted octanol–water partition coefficient (Wildman–Crippen LogP) is -0.101. The molecule has 4 atom stereocenters. The van der Waals surface area contributed by atoms with Gasteiger partial charge in [-0.3, -0.25) is 0 Å². The van der Waals surface area contributed by atoms with Crippen molar-refractivity contribution in [3.63, 3.8) is 0 Å². The molecule has 2 fully saturated rings. The fraction of sp³-hybridized carbons (Fsp3) is 0.800. The van der Waals surface area contributed by atoms with E-state index < -0.39 is 11.9 Å². The third-order valence-electron chi connectivity index (χ3n) is 2.49. The van der Waals surface area contributed by atoms with E-state index in [9.17, 15) is 0 Å². The molecule has 2 saturated heterocycles. The molecule has 0 aromatic rings. The Bertz CT molecular complexity index is 268. The highest BCUT2D eigenvalue weighted by Gasteiger charge is 2.54. The van der Waals surface area contributed by atoms with Gasteiger partial charge in [0, 0.05) is 0 Å². The highest BCUT2D eigenvalue weighted by molar-refractivity contribution is 5.10. The van der Waals surface area contributed by atoms with Gasteiger partial charge in [-0.1, -0.05) is 5.92 Å². The van der Waals surface area contributed by atoms with Crippen molar-refractivity contribution in [2.45, 2.75) is 44.1 Å². The standard InChI is InChI=1S/C10H14O4/c1-4-6-8-9(7(5-11)12-6)14-10(2,3)13-8/h1,6-9,11H,5H2,2-3H3/t6?,7-,8?,9?/m1/s1. The molecule has 0 bridgehead atoms. The maximum absolute atomic E-state index is 9.07. The molecule has 2 aliphatic rings. The van der Waals surface area contributed by atoms with Gasteiger partial charge >= 0.3 is 0 Å². The zero-order chi connectivity index (χ0) is 10.3. The molecule has 0 radical (unpaired) electrons. The fourth-order valence-electron chi connectivity index (χ4n) is 1.96. The van der Waals surface area contributed by atoms with Crippen molar-refractivity contribution >= 4 is 0 Å². The first kappa shape index (κ1) is 9.94. The van der Waals surface area contributed by atoms with Crippen molar-refractivity contribution in [3.05, 3.63) is 0 Å². The van der Waals surface area contributed by atoms with E-state index in [0.717, 1.165) is 0 Å². The number of aliphatic hydroxyl groups is 1. The minimum absolute atomic E-state index is 0.0984. The van der Waals surface area contributed by atoms with Crippen molar-refractivity contribution in [2.24, 2.45) is 0 Å². The average molecular weight is 198 g/mol. The summed E-state index contributed by atoms with van der Waals surface area (Å²) in [5.74, 6) is 1.86. The summed E-state index contributed by atoms with van der Waals surface area (Å²) in [5, 5.41) is 9.07. The van der Waals surface area contributed by atoms with Crippen LogP contribution >= 0.6 is 0 Å². The first-order chi connectivity index (χ1) is 6.57. The van der Waals surface area contributed by atoms with Crippen molar-refractivity contribution in [1.82, 2.24) is 0 Å². The van der Waals surface area contributed by atoms with Gasteiger partial charge in [0.1, 0.15) is 24.4 Å².